The Bertz CT molecular complexity index is 600. The van der Waals surface area contributed by atoms with Crippen molar-refractivity contribution in [2.75, 3.05) is 5.32 Å². The molecule has 1 amide bonds. The Kier molecular flexibility index (Phi) is 4.97. The Balaban J connectivity index is 2.13. The van der Waals surface area contributed by atoms with E-state index in [-0.39, 0.29) is 11.6 Å². The fraction of sp³-hybridized carbons (Fsp3) is 0.500. The summed E-state index contributed by atoms with van der Waals surface area (Å²) in [5.41, 5.74) is -0.838. The number of amides is 1. The zero-order valence-electron chi connectivity index (χ0n) is 12.6. The number of hydrogen-bond acceptors (Lipinski definition) is 2. The van der Waals surface area contributed by atoms with E-state index in [0.717, 1.165) is 18.6 Å². The van der Waals surface area contributed by atoms with Crippen LogP contribution in [0, 0.1) is 17.8 Å². The van der Waals surface area contributed by atoms with Gasteiger partial charge in [0.25, 0.3) is 0 Å². The van der Waals surface area contributed by atoms with Gasteiger partial charge < -0.3 is 10.4 Å². The van der Waals surface area contributed by atoms with Gasteiger partial charge in [0, 0.05) is 5.69 Å². The zero-order valence-corrected chi connectivity index (χ0v) is 12.6. The minimum atomic E-state index is -4.50. The van der Waals surface area contributed by atoms with Crippen molar-refractivity contribution < 1.29 is 27.9 Å². The fourth-order valence-corrected chi connectivity index (χ4v) is 2.98. The number of hydrogen-bond donors (Lipinski definition) is 2. The van der Waals surface area contributed by atoms with Crippen LogP contribution in [0.1, 0.15) is 31.7 Å². The average Bonchev–Trinajstić information content (AvgIpc) is 2.46. The van der Waals surface area contributed by atoms with Crippen LogP contribution < -0.4 is 5.32 Å². The van der Waals surface area contributed by atoms with Crippen molar-refractivity contribution in [1.29, 1.82) is 0 Å². The summed E-state index contributed by atoms with van der Waals surface area (Å²) in [6.45, 7) is 1.93. The molecule has 2 N–H and O–H groups in total. The second-order valence-electron chi connectivity index (χ2n) is 6.04. The molecule has 7 heteroatoms. The number of carboxylic acid groups (broad SMARTS) is 1. The molecule has 1 aromatic carbocycles. The van der Waals surface area contributed by atoms with Crippen molar-refractivity contribution >= 4 is 17.6 Å². The summed E-state index contributed by atoms with van der Waals surface area (Å²) in [6.07, 6.45) is -2.95. The van der Waals surface area contributed by atoms with Crippen molar-refractivity contribution in [2.24, 2.45) is 17.8 Å². The minimum absolute atomic E-state index is 0.0209. The van der Waals surface area contributed by atoms with Gasteiger partial charge in [0.2, 0.25) is 5.91 Å². The summed E-state index contributed by atoms with van der Waals surface area (Å²) in [4.78, 5) is 23.6. The molecule has 1 fully saturated rings. The Labute approximate surface area is 131 Å². The fourth-order valence-electron chi connectivity index (χ4n) is 2.98. The minimum Gasteiger partial charge on any atom is -0.481 e. The summed E-state index contributed by atoms with van der Waals surface area (Å²) in [5.74, 6) is -2.89. The highest BCUT2D eigenvalue weighted by Gasteiger charge is 2.38. The van der Waals surface area contributed by atoms with Crippen LogP contribution in [-0.4, -0.2) is 17.0 Å². The van der Waals surface area contributed by atoms with E-state index in [4.69, 9.17) is 0 Å². The smallest absolute Gasteiger partial charge is 0.416 e. The highest BCUT2D eigenvalue weighted by molar-refractivity contribution is 5.95. The van der Waals surface area contributed by atoms with Crippen LogP contribution in [0.4, 0.5) is 18.9 Å². The lowest BCUT2D eigenvalue weighted by atomic mass is 9.74. The summed E-state index contributed by atoms with van der Waals surface area (Å²) >= 11 is 0. The lowest BCUT2D eigenvalue weighted by Gasteiger charge is -2.31. The number of carboxylic acids is 1. The third kappa shape index (κ3) is 4.24. The number of carbonyl (C=O) groups excluding carboxylic acids is 1. The number of aliphatic carboxylic acids is 1. The number of carbonyl (C=O) groups is 2. The molecule has 1 aromatic rings. The van der Waals surface area contributed by atoms with Crippen LogP contribution in [0.3, 0.4) is 0 Å². The van der Waals surface area contributed by atoms with Crippen LogP contribution in [0.25, 0.3) is 0 Å². The molecule has 23 heavy (non-hydrogen) atoms. The highest BCUT2D eigenvalue weighted by Crippen LogP contribution is 2.35. The first-order chi connectivity index (χ1) is 10.7. The van der Waals surface area contributed by atoms with Crippen molar-refractivity contribution in [3.05, 3.63) is 29.8 Å². The number of benzene rings is 1. The first-order valence-electron chi connectivity index (χ1n) is 7.39. The van der Waals surface area contributed by atoms with E-state index >= 15 is 0 Å². The van der Waals surface area contributed by atoms with E-state index in [1.54, 1.807) is 0 Å². The van der Waals surface area contributed by atoms with E-state index in [9.17, 15) is 27.9 Å². The molecule has 1 aliphatic carbocycles. The summed E-state index contributed by atoms with van der Waals surface area (Å²) in [6, 6.07) is 4.32. The third-order valence-corrected chi connectivity index (χ3v) is 4.22. The van der Waals surface area contributed by atoms with Crippen LogP contribution in [-0.2, 0) is 15.8 Å². The van der Waals surface area contributed by atoms with Gasteiger partial charge in [0.1, 0.15) is 0 Å². The maximum atomic E-state index is 12.7. The standard InChI is InChI=1S/C16H18F3NO3/c1-9-5-6-12(13(7-9)15(22)23)14(21)20-11-4-2-3-10(8-11)16(17,18)19/h2-4,8-9,12-13H,5-7H2,1H3,(H,20,21)(H,22,23). The largest absolute Gasteiger partial charge is 0.481 e. The second-order valence-corrected chi connectivity index (χ2v) is 6.04. The maximum absolute atomic E-state index is 12.7. The molecular formula is C16H18F3NO3. The highest BCUT2D eigenvalue weighted by atomic mass is 19.4. The molecular weight excluding hydrogens is 311 g/mol. The normalized spacial score (nSPS) is 25.0. The Morgan fingerprint density at radius 1 is 1.22 bits per heavy atom. The van der Waals surface area contributed by atoms with Gasteiger partial charge in [-0.05, 0) is 43.4 Å². The van der Waals surface area contributed by atoms with Gasteiger partial charge in [-0.25, -0.2) is 0 Å². The molecule has 4 nitrogen and oxygen atoms in total. The van der Waals surface area contributed by atoms with Gasteiger partial charge in [-0.1, -0.05) is 13.0 Å². The quantitative estimate of drug-likeness (QED) is 0.887. The molecule has 0 saturated heterocycles. The van der Waals surface area contributed by atoms with Gasteiger partial charge in [-0.15, -0.1) is 0 Å². The summed E-state index contributed by atoms with van der Waals surface area (Å²) in [7, 11) is 0. The zero-order chi connectivity index (χ0) is 17.2. The SMILES string of the molecule is CC1CCC(C(=O)Nc2cccc(C(F)(F)F)c2)C(C(=O)O)C1. The number of nitrogens with one attached hydrogen (secondary N) is 1. The molecule has 3 atom stereocenters. The Morgan fingerprint density at radius 3 is 2.52 bits per heavy atom. The van der Waals surface area contributed by atoms with Gasteiger partial charge in [0.05, 0.1) is 17.4 Å². The molecule has 2 rings (SSSR count). The molecule has 0 aliphatic heterocycles. The number of alkyl halides is 3. The van der Waals surface area contributed by atoms with Crippen molar-refractivity contribution in [2.45, 2.75) is 32.4 Å². The molecule has 0 spiro atoms. The predicted octanol–water partition coefficient (Wildman–Crippen LogP) is 3.78. The average molecular weight is 329 g/mol. The van der Waals surface area contributed by atoms with Crippen molar-refractivity contribution in [1.82, 2.24) is 0 Å². The molecule has 0 heterocycles. The topological polar surface area (TPSA) is 66.4 Å². The Morgan fingerprint density at radius 2 is 1.91 bits per heavy atom. The third-order valence-electron chi connectivity index (χ3n) is 4.22. The molecule has 0 radical (unpaired) electrons. The van der Waals surface area contributed by atoms with Crippen LogP contribution in [0.5, 0.6) is 0 Å². The maximum Gasteiger partial charge on any atom is 0.416 e. The summed E-state index contributed by atoms with van der Waals surface area (Å²) in [5, 5.41) is 11.7. The molecule has 1 saturated carbocycles. The van der Waals surface area contributed by atoms with Gasteiger partial charge in [-0.3, -0.25) is 9.59 Å². The second kappa shape index (κ2) is 6.60. The van der Waals surface area contributed by atoms with E-state index in [1.807, 2.05) is 6.92 Å². The lowest BCUT2D eigenvalue weighted by Crippen LogP contribution is -2.38. The van der Waals surface area contributed by atoms with E-state index in [0.29, 0.717) is 12.8 Å². The molecule has 0 aromatic heterocycles. The van der Waals surface area contributed by atoms with E-state index in [1.165, 1.54) is 12.1 Å². The number of anilines is 1. The lowest BCUT2D eigenvalue weighted by molar-refractivity contribution is -0.148. The first kappa shape index (κ1) is 17.3. The molecule has 126 valence electrons. The van der Waals surface area contributed by atoms with E-state index in [2.05, 4.69) is 5.32 Å². The predicted molar refractivity (Wildman–Crippen MR) is 77.7 cm³/mol. The van der Waals surface area contributed by atoms with Gasteiger partial charge in [-0.2, -0.15) is 13.2 Å². The van der Waals surface area contributed by atoms with Crippen LogP contribution in [0.15, 0.2) is 24.3 Å². The first-order valence-corrected chi connectivity index (χ1v) is 7.39. The molecule has 3 unspecified atom stereocenters. The molecule has 0 bridgehead atoms. The van der Waals surface area contributed by atoms with Crippen LogP contribution >= 0.6 is 0 Å². The Hall–Kier alpha value is -2.05. The van der Waals surface area contributed by atoms with Gasteiger partial charge in [0.15, 0.2) is 0 Å². The molecule has 1 aliphatic rings. The summed E-state index contributed by atoms with van der Waals surface area (Å²) < 4.78 is 38.0. The van der Waals surface area contributed by atoms with E-state index < -0.39 is 35.5 Å². The van der Waals surface area contributed by atoms with Gasteiger partial charge >= 0.3 is 12.1 Å². The van der Waals surface area contributed by atoms with Crippen LogP contribution in [0.2, 0.25) is 0 Å². The number of halogens is 3. The monoisotopic (exact) mass is 329 g/mol. The number of rotatable bonds is 3. The van der Waals surface area contributed by atoms with Crippen molar-refractivity contribution in [3.8, 4) is 0 Å². The van der Waals surface area contributed by atoms with Crippen molar-refractivity contribution in [3.63, 3.8) is 0 Å².